The zero-order valence-electron chi connectivity index (χ0n) is 32.0. The lowest BCUT2D eigenvalue weighted by Gasteiger charge is -2.19. The molecule has 51 heavy (non-hydrogen) atoms. The second kappa shape index (κ2) is 33.8. The van der Waals surface area contributed by atoms with Crippen molar-refractivity contribution in [1.82, 2.24) is 0 Å². The number of hydrogen-bond donors (Lipinski definition) is 2. The van der Waals surface area contributed by atoms with Gasteiger partial charge >= 0.3 is 13.8 Å². The van der Waals surface area contributed by atoms with Crippen molar-refractivity contribution in [3.63, 3.8) is 0 Å². The first kappa shape index (κ1) is 47.0. The Morgan fingerprint density at radius 2 is 1.29 bits per heavy atom. The van der Waals surface area contributed by atoms with Gasteiger partial charge in [-0.05, 0) is 63.9 Å². The Labute approximate surface area is 310 Å². The van der Waals surface area contributed by atoms with Gasteiger partial charge in [-0.25, -0.2) is 4.57 Å². The first-order valence-corrected chi connectivity index (χ1v) is 21.4. The van der Waals surface area contributed by atoms with E-state index in [-0.39, 0.29) is 32.8 Å². The van der Waals surface area contributed by atoms with E-state index < -0.39 is 19.9 Å². The largest absolute Gasteiger partial charge is 0.498 e. The summed E-state index contributed by atoms with van der Waals surface area (Å²) < 4.78 is 38.7. The minimum absolute atomic E-state index is 0.00449. The van der Waals surface area contributed by atoms with Crippen molar-refractivity contribution in [3.8, 4) is 0 Å². The summed E-state index contributed by atoms with van der Waals surface area (Å²) in [5.74, 6) is -0.413. The molecule has 1 fully saturated rings. The molecule has 1 heterocycles. The van der Waals surface area contributed by atoms with Crippen LogP contribution < -0.4 is 5.73 Å². The molecule has 0 aliphatic carbocycles. The maximum absolute atomic E-state index is 12.5. The molecule has 0 aromatic rings. The number of carbonyl (C=O) groups excluding carboxylic acids is 1. The van der Waals surface area contributed by atoms with Crippen LogP contribution in [0.1, 0.15) is 149 Å². The molecule has 0 bridgehead atoms. The summed E-state index contributed by atoms with van der Waals surface area (Å²) in [6.07, 6.45) is 43.7. The quantitative estimate of drug-likeness (QED) is 0.0161. The van der Waals surface area contributed by atoms with E-state index in [0.29, 0.717) is 18.6 Å². The number of allylic oxidation sites excluding steroid dienone is 7. The van der Waals surface area contributed by atoms with Crippen LogP contribution in [0.4, 0.5) is 0 Å². The summed E-state index contributed by atoms with van der Waals surface area (Å²) >= 11 is 0. The van der Waals surface area contributed by atoms with E-state index in [1.54, 1.807) is 6.26 Å². The number of nitrogens with two attached hydrogens (primary N) is 1. The molecular weight excluding hydrogens is 665 g/mol. The molecule has 294 valence electrons. The van der Waals surface area contributed by atoms with Gasteiger partial charge in [-0.15, -0.1) is 0 Å². The normalized spacial score (nSPS) is 18.1. The molecule has 1 aliphatic heterocycles. The Morgan fingerprint density at radius 1 is 0.725 bits per heavy atom. The fourth-order valence-electron chi connectivity index (χ4n) is 5.39. The summed E-state index contributed by atoms with van der Waals surface area (Å²) in [5, 5.41) is 0. The van der Waals surface area contributed by atoms with E-state index in [2.05, 4.69) is 62.5 Å². The zero-order valence-corrected chi connectivity index (χ0v) is 32.9. The van der Waals surface area contributed by atoms with Crippen molar-refractivity contribution in [2.75, 3.05) is 26.4 Å². The van der Waals surface area contributed by atoms with Gasteiger partial charge in [-0.1, -0.05) is 133 Å². The molecule has 0 saturated carbocycles. The molecule has 0 aromatic carbocycles. The number of rotatable bonds is 36. The van der Waals surface area contributed by atoms with Crippen molar-refractivity contribution >= 4 is 13.8 Å². The lowest BCUT2D eigenvalue weighted by Crippen LogP contribution is -2.27. The molecule has 9 nitrogen and oxygen atoms in total. The van der Waals surface area contributed by atoms with E-state index in [1.165, 1.54) is 70.6 Å². The molecule has 0 spiro atoms. The van der Waals surface area contributed by atoms with Gasteiger partial charge in [0.25, 0.3) is 0 Å². The Hall–Kier alpha value is -2.00. The minimum atomic E-state index is -4.31. The van der Waals surface area contributed by atoms with Crippen molar-refractivity contribution in [2.45, 2.75) is 167 Å². The molecular formula is C41H72NO8P. The van der Waals surface area contributed by atoms with Gasteiger partial charge < -0.3 is 24.8 Å². The van der Waals surface area contributed by atoms with Crippen molar-refractivity contribution in [3.05, 3.63) is 60.9 Å². The number of carbonyl (C=O) groups is 1. The number of epoxide rings is 1. The van der Waals surface area contributed by atoms with Crippen LogP contribution in [0.15, 0.2) is 60.9 Å². The van der Waals surface area contributed by atoms with Crippen molar-refractivity contribution < 1.29 is 37.5 Å². The summed E-state index contributed by atoms with van der Waals surface area (Å²) in [4.78, 5) is 22.4. The average Bonchev–Trinajstić information content (AvgIpc) is 3.87. The molecule has 4 unspecified atom stereocenters. The van der Waals surface area contributed by atoms with Crippen LogP contribution in [0, 0.1) is 0 Å². The van der Waals surface area contributed by atoms with Gasteiger partial charge in [-0.2, -0.15) is 0 Å². The third-order valence-electron chi connectivity index (χ3n) is 8.42. The van der Waals surface area contributed by atoms with Crippen molar-refractivity contribution in [2.24, 2.45) is 5.73 Å². The first-order chi connectivity index (χ1) is 24.9. The van der Waals surface area contributed by atoms with Crippen LogP contribution in [0.3, 0.4) is 0 Å². The number of unbranched alkanes of at least 4 members (excludes halogenated alkanes) is 13. The van der Waals surface area contributed by atoms with Gasteiger partial charge in [0.1, 0.15) is 6.61 Å². The molecule has 1 rings (SSSR count). The summed E-state index contributed by atoms with van der Waals surface area (Å²) in [6, 6.07) is 0. The SMILES string of the molecule is CC/C=C\CC1OC1C/C=C\C/C=C\C/C=C\CCCC(=O)OC(CO/C=C\CCCCCCCCCCCCCC)COP(=O)(O)OCCN. The Kier molecular flexibility index (Phi) is 31.2. The summed E-state index contributed by atoms with van der Waals surface area (Å²) in [5.41, 5.74) is 5.35. The number of phosphoric ester groups is 1. The Morgan fingerprint density at radius 3 is 1.92 bits per heavy atom. The Balaban J connectivity index is 2.22. The topological polar surface area (TPSA) is 130 Å². The van der Waals surface area contributed by atoms with Gasteiger partial charge in [0.05, 0.1) is 31.7 Å². The van der Waals surface area contributed by atoms with Crippen LogP contribution in [0.5, 0.6) is 0 Å². The zero-order chi connectivity index (χ0) is 37.1. The number of hydrogen-bond acceptors (Lipinski definition) is 8. The van der Waals surface area contributed by atoms with E-state index in [0.717, 1.165) is 51.4 Å². The summed E-state index contributed by atoms with van der Waals surface area (Å²) in [7, 11) is -4.31. The van der Waals surface area contributed by atoms with Gasteiger partial charge in [-0.3, -0.25) is 13.8 Å². The highest BCUT2D eigenvalue weighted by Gasteiger charge is 2.35. The van der Waals surface area contributed by atoms with E-state index in [1.807, 2.05) is 6.08 Å². The number of phosphoric acid groups is 1. The smallest absolute Gasteiger partial charge is 0.472 e. The Bertz CT molecular complexity index is 1030. The molecule has 1 saturated heterocycles. The third kappa shape index (κ3) is 31.3. The standard InChI is InChI=1S/C41H72NO8P/c1-3-5-7-8-9-10-11-12-13-16-19-22-25-29-34-46-36-38(37-48-51(44,45)47-35-33-42)49-41(43)32-28-24-21-18-15-14-17-20-23-27-31-40-39(50-40)30-26-6-4-2/h6,14,17-18,21,23,26-27,29,34,38-40H,3-5,7-13,15-16,19-20,22,24-25,28,30-33,35-37,42H2,1-2H3,(H,44,45)/b17-14-,21-18-,26-6-,27-23-,34-29-. The summed E-state index contributed by atoms with van der Waals surface area (Å²) in [6.45, 7) is 4.03. The lowest BCUT2D eigenvalue weighted by atomic mass is 10.0. The molecule has 10 heteroatoms. The van der Waals surface area contributed by atoms with Crippen LogP contribution in [-0.4, -0.2) is 55.5 Å². The van der Waals surface area contributed by atoms with E-state index in [4.69, 9.17) is 29.0 Å². The second-order valence-electron chi connectivity index (χ2n) is 13.2. The van der Waals surface area contributed by atoms with Crippen LogP contribution in [0.25, 0.3) is 0 Å². The molecule has 0 amide bonds. The van der Waals surface area contributed by atoms with Gasteiger partial charge in [0.15, 0.2) is 6.10 Å². The van der Waals surface area contributed by atoms with Crippen LogP contribution in [-0.2, 0) is 32.6 Å². The van der Waals surface area contributed by atoms with Crippen LogP contribution in [0.2, 0.25) is 0 Å². The third-order valence-corrected chi connectivity index (χ3v) is 9.40. The number of esters is 1. The van der Waals surface area contributed by atoms with Crippen LogP contribution >= 0.6 is 7.82 Å². The predicted octanol–water partition coefficient (Wildman–Crippen LogP) is 10.7. The predicted molar refractivity (Wildman–Crippen MR) is 209 cm³/mol. The highest BCUT2D eigenvalue weighted by atomic mass is 31.2. The fourth-order valence-corrected chi connectivity index (χ4v) is 6.16. The monoisotopic (exact) mass is 737 g/mol. The second-order valence-corrected chi connectivity index (χ2v) is 14.7. The van der Waals surface area contributed by atoms with E-state index in [9.17, 15) is 14.3 Å². The maximum Gasteiger partial charge on any atom is 0.472 e. The fraction of sp³-hybridized carbons (Fsp3) is 0.732. The molecule has 4 atom stereocenters. The average molecular weight is 738 g/mol. The number of ether oxygens (including phenoxy) is 3. The van der Waals surface area contributed by atoms with Gasteiger partial charge in [0, 0.05) is 13.0 Å². The maximum atomic E-state index is 12.5. The molecule has 0 aromatic heterocycles. The molecule has 1 aliphatic rings. The highest BCUT2D eigenvalue weighted by molar-refractivity contribution is 7.47. The van der Waals surface area contributed by atoms with E-state index >= 15 is 0 Å². The lowest BCUT2D eigenvalue weighted by molar-refractivity contribution is -0.153. The first-order valence-electron chi connectivity index (χ1n) is 19.9. The van der Waals surface area contributed by atoms with Gasteiger partial charge in [0.2, 0.25) is 0 Å². The highest BCUT2D eigenvalue weighted by Crippen LogP contribution is 2.43. The molecule has 0 radical (unpaired) electrons. The minimum Gasteiger partial charge on any atom is -0.498 e. The molecule has 3 N–H and O–H groups in total. The van der Waals surface area contributed by atoms with Crippen molar-refractivity contribution in [1.29, 1.82) is 0 Å².